The summed E-state index contributed by atoms with van der Waals surface area (Å²) < 4.78 is 3.07. The molecular weight excluding hydrogens is 334 g/mol. The number of nitrogens with zero attached hydrogens (tertiary/aromatic N) is 2. The van der Waals surface area contributed by atoms with Gasteiger partial charge in [-0.1, -0.05) is 22.0 Å². The lowest BCUT2D eigenvalue weighted by Gasteiger charge is -2.04. The highest BCUT2D eigenvalue weighted by Gasteiger charge is 2.06. The summed E-state index contributed by atoms with van der Waals surface area (Å²) in [5.41, 5.74) is 10.1. The Kier molecular flexibility index (Phi) is 3.72. The van der Waals surface area contributed by atoms with Gasteiger partial charge in [0, 0.05) is 33.2 Å². The molecule has 3 rings (SSSR count). The fraction of sp³-hybridized carbons (Fsp3) is 0.133. The van der Waals surface area contributed by atoms with Crippen molar-refractivity contribution in [3.8, 4) is 0 Å². The van der Waals surface area contributed by atoms with E-state index in [0.29, 0.717) is 0 Å². The molecule has 3 aromatic rings. The van der Waals surface area contributed by atoms with Crippen molar-refractivity contribution in [3.63, 3.8) is 0 Å². The third-order valence-electron chi connectivity index (χ3n) is 3.08. The zero-order chi connectivity index (χ0) is 14.1. The van der Waals surface area contributed by atoms with E-state index in [9.17, 15) is 0 Å². The maximum absolute atomic E-state index is 6.01. The third kappa shape index (κ3) is 2.69. The van der Waals surface area contributed by atoms with E-state index in [1.54, 1.807) is 11.8 Å². The van der Waals surface area contributed by atoms with Crippen molar-refractivity contribution >= 4 is 39.0 Å². The summed E-state index contributed by atoms with van der Waals surface area (Å²) in [5, 5.41) is 0. The monoisotopic (exact) mass is 347 g/mol. The number of hydrogen-bond acceptors (Lipinski definition) is 3. The highest BCUT2D eigenvalue weighted by Crippen LogP contribution is 2.30. The molecule has 20 heavy (non-hydrogen) atoms. The Bertz CT molecular complexity index is 767. The molecule has 0 bridgehead atoms. The zero-order valence-electron chi connectivity index (χ0n) is 11.0. The van der Waals surface area contributed by atoms with Crippen LogP contribution < -0.4 is 5.73 Å². The molecular formula is C15H14BrN3S. The normalized spacial score (nSPS) is 11.1. The Morgan fingerprint density at radius 2 is 2.20 bits per heavy atom. The Hall–Kier alpha value is -1.46. The first-order chi connectivity index (χ1) is 9.63. The zero-order valence-corrected chi connectivity index (χ0v) is 13.4. The molecule has 0 amide bonds. The third-order valence-corrected chi connectivity index (χ3v) is 4.69. The van der Waals surface area contributed by atoms with Crippen molar-refractivity contribution in [2.75, 3.05) is 5.73 Å². The van der Waals surface area contributed by atoms with Crippen LogP contribution in [-0.2, 0) is 5.75 Å². The molecule has 0 radical (unpaired) electrons. The van der Waals surface area contributed by atoms with Gasteiger partial charge < -0.3 is 10.1 Å². The maximum atomic E-state index is 6.01. The molecule has 3 nitrogen and oxygen atoms in total. The van der Waals surface area contributed by atoms with E-state index in [1.807, 2.05) is 30.5 Å². The molecule has 5 heteroatoms. The molecule has 0 saturated carbocycles. The lowest BCUT2D eigenvalue weighted by molar-refractivity contribution is 1.16. The summed E-state index contributed by atoms with van der Waals surface area (Å²) in [5.74, 6) is 0.812. The van der Waals surface area contributed by atoms with Crippen LogP contribution in [0, 0.1) is 6.92 Å². The number of aromatic nitrogens is 2. The van der Waals surface area contributed by atoms with Crippen LogP contribution in [0.2, 0.25) is 0 Å². The van der Waals surface area contributed by atoms with Crippen LogP contribution in [0.1, 0.15) is 11.3 Å². The number of thioether (sulfide) groups is 1. The van der Waals surface area contributed by atoms with Crippen LogP contribution in [0.25, 0.3) is 5.65 Å². The minimum Gasteiger partial charge on any atom is -0.398 e. The average Bonchev–Trinajstić information content (AvgIpc) is 2.82. The van der Waals surface area contributed by atoms with Gasteiger partial charge in [-0.15, -0.1) is 11.8 Å². The van der Waals surface area contributed by atoms with Gasteiger partial charge in [-0.05, 0) is 36.8 Å². The first kappa shape index (κ1) is 13.5. The molecule has 2 heterocycles. The van der Waals surface area contributed by atoms with Gasteiger partial charge in [-0.3, -0.25) is 0 Å². The van der Waals surface area contributed by atoms with Gasteiger partial charge in [-0.25, -0.2) is 4.98 Å². The quantitative estimate of drug-likeness (QED) is 0.568. The fourth-order valence-corrected chi connectivity index (χ4v) is 3.29. The molecule has 2 N–H and O–H groups in total. The van der Waals surface area contributed by atoms with E-state index in [0.717, 1.165) is 32.1 Å². The highest BCUT2D eigenvalue weighted by molar-refractivity contribution is 9.10. The predicted molar refractivity (Wildman–Crippen MR) is 88.0 cm³/mol. The Balaban J connectivity index is 1.81. The molecule has 0 spiro atoms. The Morgan fingerprint density at radius 1 is 1.35 bits per heavy atom. The second-order valence-corrected chi connectivity index (χ2v) is 6.56. The number of anilines is 1. The van der Waals surface area contributed by atoms with Crippen molar-refractivity contribution < 1.29 is 0 Å². The van der Waals surface area contributed by atoms with Crippen LogP contribution in [0.15, 0.2) is 52.1 Å². The van der Waals surface area contributed by atoms with E-state index in [4.69, 9.17) is 5.73 Å². The van der Waals surface area contributed by atoms with E-state index in [-0.39, 0.29) is 0 Å². The summed E-state index contributed by atoms with van der Waals surface area (Å²) in [4.78, 5) is 5.75. The summed E-state index contributed by atoms with van der Waals surface area (Å²) in [7, 11) is 0. The van der Waals surface area contributed by atoms with Gasteiger partial charge in [0.1, 0.15) is 5.65 Å². The number of pyridine rings is 1. The number of aryl methyl sites for hydroxylation is 1. The van der Waals surface area contributed by atoms with Gasteiger partial charge in [0.15, 0.2) is 0 Å². The van der Waals surface area contributed by atoms with Crippen LogP contribution in [0.5, 0.6) is 0 Å². The lowest BCUT2D eigenvalue weighted by Crippen LogP contribution is -1.89. The Morgan fingerprint density at radius 3 is 2.95 bits per heavy atom. The number of imidazole rings is 1. The summed E-state index contributed by atoms with van der Waals surface area (Å²) in [6.07, 6.45) is 4.10. The summed E-state index contributed by atoms with van der Waals surface area (Å²) in [6.45, 7) is 2.08. The van der Waals surface area contributed by atoms with E-state index >= 15 is 0 Å². The number of halogens is 1. The predicted octanol–water partition coefficient (Wildman–Crippen LogP) is 4.28. The molecule has 0 aliphatic rings. The van der Waals surface area contributed by atoms with Crippen LogP contribution in [-0.4, -0.2) is 9.38 Å². The first-order valence-corrected chi connectivity index (χ1v) is 8.02. The minimum absolute atomic E-state index is 0.796. The van der Waals surface area contributed by atoms with Gasteiger partial charge in [-0.2, -0.15) is 0 Å². The second kappa shape index (κ2) is 5.50. The standard InChI is InChI=1S/C15H14BrN3S/c1-10-3-2-6-19-8-12(18-15(10)19)9-20-14-5-4-11(16)7-13(14)17/h2-8H,9,17H2,1H3. The SMILES string of the molecule is Cc1cccn2cc(CSc3ccc(Br)cc3N)nc12. The van der Waals surface area contributed by atoms with E-state index in [1.165, 1.54) is 5.56 Å². The molecule has 0 unspecified atom stereocenters. The first-order valence-electron chi connectivity index (χ1n) is 6.24. The fourth-order valence-electron chi connectivity index (χ4n) is 2.08. The molecule has 0 atom stereocenters. The van der Waals surface area contributed by atoms with Crippen LogP contribution in [0.4, 0.5) is 5.69 Å². The number of hydrogen-bond donors (Lipinski definition) is 1. The number of nitrogens with two attached hydrogens (primary N) is 1. The second-order valence-electron chi connectivity index (χ2n) is 4.63. The largest absolute Gasteiger partial charge is 0.398 e. The van der Waals surface area contributed by atoms with Gasteiger partial charge in [0.05, 0.1) is 5.69 Å². The molecule has 102 valence electrons. The van der Waals surface area contributed by atoms with Gasteiger partial charge in [0.25, 0.3) is 0 Å². The van der Waals surface area contributed by atoms with E-state index in [2.05, 4.69) is 44.5 Å². The van der Waals surface area contributed by atoms with Crippen molar-refractivity contribution in [1.82, 2.24) is 9.38 Å². The minimum atomic E-state index is 0.796. The number of benzene rings is 1. The average molecular weight is 348 g/mol. The number of fused-ring (bicyclic) bond motifs is 1. The van der Waals surface area contributed by atoms with E-state index < -0.39 is 0 Å². The van der Waals surface area contributed by atoms with Crippen molar-refractivity contribution in [2.45, 2.75) is 17.6 Å². The van der Waals surface area contributed by atoms with Gasteiger partial charge >= 0.3 is 0 Å². The smallest absolute Gasteiger partial charge is 0.139 e. The molecule has 0 fully saturated rings. The van der Waals surface area contributed by atoms with Crippen LogP contribution in [0.3, 0.4) is 0 Å². The molecule has 0 aliphatic carbocycles. The van der Waals surface area contributed by atoms with Crippen LogP contribution >= 0.6 is 27.7 Å². The molecule has 0 saturated heterocycles. The number of nitrogen functional groups attached to an aromatic ring is 1. The Labute approximate surface area is 130 Å². The summed E-state index contributed by atoms with van der Waals surface area (Å²) in [6, 6.07) is 10.1. The number of rotatable bonds is 3. The molecule has 2 aromatic heterocycles. The topological polar surface area (TPSA) is 43.3 Å². The molecule has 1 aromatic carbocycles. The van der Waals surface area contributed by atoms with Crippen molar-refractivity contribution in [2.24, 2.45) is 0 Å². The van der Waals surface area contributed by atoms with Crippen molar-refractivity contribution in [1.29, 1.82) is 0 Å². The van der Waals surface area contributed by atoms with Crippen molar-refractivity contribution in [3.05, 3.63) is 58.5 Å². The lowest BCUT2D eigenvalue weighted by atomic mass is 10.3. The highest BCUT2D eigenvalue weighted by atomic mass is 79.9. The maximum Gasteiger partial charge on any atom is 0.139 e. The summed E-state index contributed by atoms with van der Waals surface area (Å²) >= 11 is 5.13. The van der Waals surface area contributed by atoms with Gasteiger partial charge in [0.2, 0.25) is 0 Å². The molecule has 0 aliphatic heterocycles.